The van der Waals surface area contributed by atoms with E-state index in [-0.39, 0.29) is 24.8 Å². The van der Waals surface area contributed by atoms with Gasteiger partial charge in [-0.3, -0.25) is 9.48 Å². The van der Waals surface area contributed by atoms with Gasteiger partial charge < -0.3 is 10.1 Å². The highest BCUT2D eigenvalue weighted by molar-refractivity contribution is 7.17. The van der Waals surface area contributed by atoms with Crippen LogP contribution in [0.2, 0.25) is 0 Å². The number of amides is 1. The molecule has 2 aromatic heterocycles. The summed E-state index contributed by atoms with van der Waals surface area (Å²) < 4.78 is 33.0. The summed E-state index contributed by atoms with van der Waals surface area (Å²) in [5.41, 5.74) is 1.72. The summed E-state index contributed by atoms with van der Waals surface area (Å²) in [4.78, 5) is 26.2. The van der Waals surface area contributed by atoms with Gasteiger partial charge in [0, 0.05) is 10.8 Å². The number of esters is 1. The molecule has 156 valence electrons. The Bertz CT molecular complexity index is 934. The van der Waals surface area contributed by atoms with Gasteiger partial charge in [-0.15, -0.1) is 11.3 Å². The second-order valence-corrected chi connectivity index (χ2v) is 8.52. The van der Waals surface area contributed by atoms with E-state index in [1.54, 1.807) is 6.92 Å². The average Bonchev–Trinajstić information content (AvgIpc) is 3.34. The van der Waals surface area contributed by atoms with Gasteiger partial charge in [0.25, 0.3) is 6.43 Å². The number of anilines is 1. The van der Waals surface area contributed by atoms with E-state index in [2.05, 4.69) is 10.4 Å². The minimum Gasteiger partial charge on any atom is -0.462 e. The summed E-state index contributed by atoms with van der Waals surface area (Å²) in [6.07, 6.45) is 2.84. The number of nitrogens with one attached hydrogen (secondary N) is 1. The van der Waals surface area contributed by atoms with Gasteiger partial charge in [-0.25, -0.2) is 13.6 Å². The van der Waals surface area contributed by atoms with E-state index in [1.165, 1.54) is 17.4 Å². The molecule has 1 N–H and O–H groups in total. The monoisotopic (exact) mass is 423 g/mol. The number of ether oxygens (including phenoxy) is 1. The molecule has 0 aromatic carbocycles. The Morgan fingerprint density at radius 3 is 2.79 bits per heavy atom. The third-order valence-electron chi connectivity index (χ3n) is 5.25. The zero-order chi connectivity index (χ0) is 20.5. The van der Waals surface area contributed by atoms with Gasteiger partial charge in [0.2, 0.25) is 5.91 Å². The SMILES string of the molecule is CCOC(=O)c1c(NC(=O)Cn2nc(C3CC3)cc2C(F)F)sc2c1CCCC2. The summed E-state index contributed by atoms with van der Waals surface area (Å²) in [6.45, 7) is 1.65. The lowest BCUT2D eigenvalue weighted by molar-refractivity contribution is -0.117. The first kappa shape index (κ1) is 20.0. The van der Waals surface area contributed by atoms with Crippen LogP contribution in [0.3, 0.4) is 0 Å². The van der Waals surface area contributed by atoms with Crippen LogP contribution in [0, 0.1) is 0 Å². The number of hydrogen-bond acceptors (Lipinski definition) is 5. The van der Waals surface area contributed by atoms with E-state index in [0.29, 0.717) is 16.3 Å². The van der Waals surface area contributed by atoms with Crippen LogP contribution in [0.5, 0.6) is 0 Å². The largest absolute Gasteiger partial charge is 0.462 e. The Kier molecular flexibility index (Phi) is 5.67. The number of hydrogen-bond donors (Lipinski definition) is 1. The molecule has 29 heavy (non-hydrogen) atoms. The number of rotatable bonds is 7. The molecule has 1 fully saturated rings. The maximum absolute atomic E-state index is 13.4. The van der Waals surface area contributed by atoms with Crippen molar-refractivity contribution < 1.29 is 23.1 Å². The molecule has 2 aliphatic rings. The van der Waals surface area contributed by atoms with Gasteiger partial charge >= 0.3 is 5.97 Å². The second kappa shape index (κ2) is 8.22. The number of nitrogens with zero attached hydrogens (tertiary/aromatic N) is 2. The summed E-state index contributed by atoms with van der Waals surface area (Å²) in [6, 6.07) is 1.39. The first-order valence-corrected chi connectivity index (χ1v) is 10.8. The fraction of sp³-hybridized carbons (Fsp3) is 0.550. The number of thiophene rings is 1. The van der Waals surface area contributed by atoms with Crippen LogP contribution in [0.25, 0.3) is 0 Å². The number of carbonyl (C=O) groups excluding carboxylic acids is 2. The molecule has 6 nitrogen and oxygen atoms in total. The minimum atomic E-state index is -2.70. The standard InChI is InChI=1S/C20H23F2N3O3S/c1-2-28-20(27)17-12-5-3-4-6-15(12)29-19(17)23-16(26)10-25-14(18(21)22)9-13(24-25)11-7-8-11/h9,11,18H,2-8,10H2,1H3,(H,23,26). The van der Waals surface area contributed by atoms with Crippen molar-refractivity contribution in [2.45, 2.75) is 64.3 Å². The van der Waals surface area contributed by atoms with Crippen molar-refractivity contribution in [2.75, 3.05) is 11.9 Å². The molecular weight excluding hydrogens is 400 g/mol. The lowest BCUT2D eigenvalue weighted by atomic mass is 9.95. The second-order valence-electron chi connectivity index (χ2n) is 7.41. The molecule has 2 aliphatic carbocycles. The highest BCUT2D eigenvalue weighted by atomic mass is 32.1. The molecule has 0 unspecified atom stereocenters. The van der Waals surface area contributed by atoms with Crippen LogP contribution in [0.4, 0.5) is 13.8 Å². The molecule has 2 heterocycles. The molecule has 0 saturated heterocycles. The average molecular weight is 423 g/mol. The van der Waals surface area contributed by atoms with Gasteiger partial charge in [0.05, 0.1) is 17.9 Å². The van der Waals surface area contributed by atoms with Crippen molar-refractivity contribution in [3.05, 3.63) is 33.5 Å². The number of carbonyl (C=O) groups is 2. The van der Waals surface area contributed by atoms with Gasteiger partial charge in [0.1, 0.15) is 17.2 Å². The molecular formula is C20H23F2N3O3S. The van der Waals surface area contributed by atoms with Gasteiger partial charge in [-0.05, 0) is 57.1 Å². The summed E-state index contributed by atoms with van der Waals surface area (Å²) in [7, 11) is 0. The number of aromatic nitrogens is 2. The summed E-state index contributed by atoms with van der Waals surface area (Å²) in [5.74, 6) is -0.719. The predicted molar refractivity (Wildman–Crippen MR) is 105 cm³/mol. The van der Waals surface area contributed by atoms with E-state index < -0.39 is 18.3 Å². The minimum absolute atomic E-state index is 0.219. The molecule has 1 amide bonds. The quantitative estimate of drug-likeness (QED) is 0.668. The van der Waals surface area contributed by atoms with Crippen LogP contribution < -0.4 is 5.32 Å². The Balaban J connectivity index is 1.56. The summed E-state index contributed by atoms with van der Waals surface area (Å²) >= 11 is 1.38. The molecule has 2 aromatic rings. The number of halogens is 2. The first-order valence-electron chi connectivity index (χ1n) is 9.95. The number of fused-ring (bicyclic) bond motifs is 1. The normalized spacial score (nSPS) is 16.0. The third-order valence-corrected chi connectivity index (χ3v) is 6.45. The van der Waals surface area contributed by atoms with E-state index in [1.807, 2.05) is 0 Å². The zero-order valence-electron chi connectivity index (χ0n) is 16.2. The Hall–Kier alpha value is -2.29. The highest BCUT2D eigenvalue weighted by Crippen LogP contribution is 2.41. The highest BCUT2D eigenvalue weighted by Gasteiger charge is 2.30. The van der Waals surface area contributed by atoms with Crippen molar-refractivity contribution in [1.29, 1.82) is 0 Å². The van der Waals surface area contributed by atoms with E-state index in [9.17, 15) is 18.4 Å². The van der Waals surface area contributed by atoms with E-state index >= 15 is 0 Å². The van der Waals surface area contributed by atoms with Crippen LogP contribution in [-0.4, -0.2) is 28.3 Å². The van der Waals surface area contributed by atoms with Crippen molar-refractivity contribution in [3.63, 3.8) is 0 Å². The molecule has 0 spiro atoms. The van der Waals surface area contributed by atoms with Crippen molar-refractivity contribution >= 4 is 28.2 Å². The number of aryl methyl sites for hydroxylation is 1. The van der Waals surface area contributed by atoms with E-state index in [0.717, 1.165) is 53.6 Å². The molecule has 1 saturated carbocycles. The van der Waals surface area contributed by atoms with Crippen molar-refractivity contribution in [2.24, 2.45) is 0 Å². The van der Waals surface area contributed by atoms with Crippen LogP contribution in [0.1, 0.15) is 77.1 Å². The maximum atomic E-state index is 13.4. The maximum Gasteiger partial charge on any atom is 0.341 e. The topological polar surface area (TPSA) is 73.2 Å². The third kappa shape index (κ3) is 4.19. The van der Waals surface area contributed by atoms with Crippen LogP contribution in [-0.2, 0) is 28.9 Å². The lowest BCUT2D eigenvalue weighted by Gasteiger charge is -2.12. The van der Waals surface area contributed by atoms with Crippen LogP contribution in [0.15, 0.2) is 6.07 Å². The fourth-order valence-electron chi connectivity index (χ4n) is 3.71. The Morgan fingerprint density at radius 2 is 2.10 bits per heavy atom. The molecule has 0 bridgehead atoms. The van der Waals surface area contributed by atoms with Gasteiger partial charge in [-0.1, -0.05) is 0 Å². The summed E-state index contributed by atoms with van der Waals surface area (Å²) in [5, 5.41) is 7.40. The Morgan fingerprint density at radius 1 is 1.34 bits per heavy atom. The van der Waals surface area contributed by atoms with Crippen molar-refractivity contribution in [3.8, 4) is 0 Å². The van der Waals surface area contributed by atoms with Gasteiger partial charge in [-0.2, -0.15) is 5.10 Å². The molecule has 0 atom stereocenters. The van der Waals surface area contributed by atoms with Crippen LogP contribution >= 0.6 is 11.3 Å². The molecule has 0 radical (unpaired) electrons. The lowest BCUT2D eigenvalue weighted by Crippen LogP contribution is -2.22. The number of alkyl halides is 2. The van der Waals surface area contributed by atoms with E-state index in [4.69, 9.17) is 4.74 Å². The zero-order valence-corrected chi connectivity index (χ0v) is 17.0. The fourth-order valence-corrected chi connectivity index (χ4v) is 5.00. The molecule has 0 aliphatic heterocycles. The molecule has 9 heteroatoms. The van der Waals surface area contributed by atoms with Crippen molar-refractivity contribution in [1.82, 2.24) is 9.78 Å². The smallest absolute Gasteiger partial charge is 0.341 e. The molecule has 4 rings (SSSR count). The Labute approximate surface area is 171 Å². The predicted octanol–water partition coefficient (Wildman–Crippen LogP) is 4.45. The first-order chi connectivity index (χ1) is 14.0. The van der Waals surface area contributed by atoms with Gasteiger partial charge in [0.15, 0.2) is 0 Å².